The SMILES string of the molecule is C=C1C=CC=C1C(=O)O.[Se]. The van der Waals surface area contributed by atoms with Crippen LogP contribution < -0.4 is 0 Å². The molecule has 0 bridgehead atoms. The average Bonchev–Trinajstić information content (AvgIpc) is 2.13. The molecule has 1 aliphatic carbocycles. The third-order valence-corrected chi connectivity index (χ3v) is 1.14. The van der Waals surface area contributed by atoms with Crippen LogP contribution in [0, 0.1) is 0 Å². The first-order valence-corrected chi connectivity index (χ1v) is 2.53. The van der Waals surface area contributed by atoms with Gasteiger partial charge in [0.25, 0.3) is 0 Å². The van der Waals surface area contributed by atoms with Crippen LogP contribution >= 0.6 is 0 Å². The van der Waals surface area contributed by atoms with E-state index in [0.29, 0.717) is 5.57 Å². The molecule has 0 unspecified atom stereocenters. The molecule has 3 heteroatoms. The summed E-state index contributed by atoms with van der Waals surface area (Å²) in [5, 5.41) is 8.41. The number of carboxylic acid groups (broad SMARTS) is 1. The molecule has 0 aromatic carbocycles. The van der Waals surface area contributed by atoms with Crippen LogP contribution in [0.25, 0.3) is 0 Å². The van der Waals surface area contributed by atoms with Crippen LogP contribution in [0.5, 0.6) is 0 Å². The van der Waals surface area contributed by atoms with E-state index in [1.807, 2.05) is 0 Å². The van der Waals surface area contributed by atoms with Gasteiger partial charge in [0.2, 0.25) is 0 Å². The Balaban J connectivity index is 0.000000810. The van der Waals surface area contributed by atoms with E-state index in [-0.39, 0.29) is 22.6 Å². The van der Waals surface area contributed by atoms with E-state index in [2.05, 4.69) is 6.58 Å². The van der Waals surface area contributed by atoms with Crippen molar-refractivity contribution in [3.05, 3.63) is 36.0 Å². The molecule has 0 aromatic heterocycles. The zero-order valence-electron chi connectivity index (χ0n) is 5.20. The van der Waals surface area contributed by atoms with Gasteiger partial charge in [-0.1, -0.05) is 18.7 Å². The molecule has 1 aliphatic rings. The van der Waals surface area contributed by atoms with E-state index in [1.165, 1.54) is 6.08 Å². The fourth-order valence-corrected chi connectivity index (χ4v) is 0.666. The molecule has 52 valence electrons. The predicted molar refractivity (Wildman–Crippen MR) is 39.8 cm³/mol. The maximum absolute atomic E-state index is 10.2. The molecule has 2 radical (unpaired) electrons. The van der Waals surface area contributed by atoms with Crippen molar-refractivity contribution < 1.29 is 9.90 Å². The van der Waals surface area contributed by atoms with Crippen molar-refractivity contribution in [2.45, 2.75) is 0 Å². The smallest absolute Gasteiger partial charge is 0.336 e. The van der Waals surface area contributed by atoms with Gasteiger partial charge in [-0.2, -0.15) is 0 Å². The number of carbonyl (C=O) groups is 1. The molecule has 10 heavy (non-hydrogen) atoms. The molecular formula is C7H6O2Se. The van der Waals surface area contributed by atoms with Gasteiger partial charge >= 0.3 is 5.97 Å². The van der Waals surface area contributed by atoms with Gasteiger partial charge in [-0.05, 0) is 11.6 Å². The molecule has 0 heterocycles. The van der Waals surface area contributed by atoms with E-state index < -0.39 is 5.97 Å². The van der Waals surface area contributed by atoms with Crippen molar-refractivity contribution >= 4 is 23.0 Å². The van der Waals surface area contributed by atoms with Crippen LogP contribution in [-0.4, -0.2) is 28.1 Å². The Hall–Kier alpha value is -0.791. The largest absolute Gasteiger partial charge is 0.478 e. The van der Waals surface area contributed by atoms with Gasteiger partial charge in [0.15, 0.2) is 0 Å². The predicted octanol–water partition coefficient (Wildman–Crippen LogP) is 0.743. The minimum Gasteiger partial charge on any atom is -0.478 e. The molecule has 0 atom stereocenters. The number of allylic oxidation sites excluding steroid dienone is 3. The second kappa shape index (κ2) is 3.40. The Bertz CT molecular complexity index is 226. The zero-order valence-corrected chi connectivity index (χ0v) is 6.92. The van der Waals surface area contributed by atoms with Gasteiger partial charge in [0, 0.05) is 17.1 Å². The Labute approximate surface area is 69.4 Å². The molecule has 2 nitrogen and oxygen atoms in total. The first-order chi connectivity index (χ1) is 4.22. The third kappa shape index (κ3) is 1.59. The van der Waals surface area contributed by atoms with Crippen LogP contribution in [0.1, 0.15) is 0 Å². The van der Waals surface area contributed by atoms with Gasteiger partial charge in [0.05, 0.1) is 5.57 Å². The van der Waals surface area contributed by atoms with Gasteiger partial charge in [0.1, 0.15) is 0 Å². The Morgan fingerprint density at radius 1 is 1.60 bits per heavy atom. The van der Waals surface area contributed by atoms with Crippen LogP contribution in [0.3, 0.4) is 0 Å². The summed E-state index contributed by atoms with van der Waals surface area (Å²) in [7, 11) is 0. The molecule has 0 aliphatic heterocycles. The fourth-order valence-electron chi connectivity index (χ4n) is 0.666. The van der Waals surface area contributed by atoms with E-state index in [0.717, 1.165) is 0 Å². The number of aliphatic carboxylic acids is 1. The second-order valence-electron chi connectivity index (χ2n) is 1.77. The quantitative estimate of drug-likeness (QED) is 0.635. The molecule has 0 fully saturated rings. The average molecular weight is 201 g/mol. The summed E-state index contributed by atoms with van der Waals surface area (Å²) in [6, 6.07) is 0. The van der Waals surface area contributed by atoms with Gasteiger partial charge in [-0.3, -0.25) is 0 Å². The number of hydrogen-bond acceptors (Lipinski definition) is 1. The normalized spacial score (nSPS) is 14.4. The van der Waals surface area contributed by atoms with Crippen LogP contribution in [0.15, 0.2) is 36.0 Å². The maximum Gasteiger partial charge on any atom is 0.336 e. The van der Waals surface area contributed by atoms with Crippen LogP contribution in [0.4, 0.5) is 0 Å². The minimum absolute atomic E-state index is 0. The summed E-state index contributed by atoms with van der Waals surface area (Å²) < 4.78 is 0. The molecule has 0 saturated heterocycles. The van der Waals surface area contributed by atoms with Crippen molar-refractivity contribution in [3.63, 3.8) is 0 Å². The van der Waals surface area contributed by atoms with E-state index in [9.17, 15) is 4.79 Å². The fraction of sp³-hybridized carbons (Fsp3) is 0. The Morgan fingerprint density at radius 3 is 2.40 bits per heavy atom. The Kier molecular flexibility index (Phi) is 3.13. The molecular weight excluding hydrogens is 195 g/mol. The van der Waals surface area contributed by atoms with Crippen molar-refractivity contribution in [2.75, 3.05) is 0 Å². The summed E-state index contributed by atoms with van der Waals surface area (Å²) in [4.78, 5) is 10.2. The van der Waals surface area contributed by atoms with Crippen molar-refractivity contribution in [2.24, 2.45) is 0 Å². The van der Waals surface area contributed by atoms with Crippen LogP contribution in [-0.2, 0) is 4.79 Å². The first kappa shape index (κ1) is 9.21. The minimum atomic E-state index is -0.912. The molecule has 1 N–H and O–H groups in total. The monoisotopic (exact) mass is 202 g/mol. The topological polar surface area (TPSA) is 37.3 Å². The number of rotatable bonds is 1. The first-order valence-electron chi connectivity index (χ1n) is 2.53. The molecule has 1 rings (SSSR count). The molecule has 0 aromatic rings. The molecule has 0 spiro atoms. The second-order valence-corrected chi connectivity index (χ2v) is 1.77. The maximum atomic E-state index is 10.2. The summed E-state index contributed by atoms with van der Waals surface area (Å²) >= 11 is 0. The summed E-state index contributed by atoms with van der Waals surface area (Å²) in [5.74, 6) is -0.912. The van der Waals surface area contributed by atoms with Crippen molar-refractivity contribution in [1.82, 2.24) is 0 Å². The van der Waals surface area contributed by atoms with E-state index in [1.54, 1.807) is 12.2 Å². The van der Waals surface area contributed by atoms with E-state index in [4.69, 9.17) is 5.11 Å². The Morgan fingerprint density at radius 2 is 2.20 bits per heavy atom. The van der Waals surface area contributed by atoms with Gasteiger partial charge < -0.3 is 5.11 Å². The van der Waals surface area contributed by atoms with Crippen molar-refractivity contribution in [3.8, 4) is 0 Å². The number of hydrogen-bond donors (Lipinski definition) is 1. The summed E-state index contributed by atoms with van der Waals surface area (Å²) in [5.41, 5.74) is 0.859. The van der Waals surface area contributed by atoms with Crippen LogP contribution in [0.2, 0.25) is 0 Å². The standard InChI is InChI=1S/C7H6O2.Se/c1-5-3-2-4-6(5)7(8)9;/h2-4H,1H2,(H,8,9);. The zero-order chi connectivity index (χ0) is 6.85. The summed E-state index contributed by atoms with van der Waals surface area (Å²) in [6.07, 6.45) is 4.87. The van der Waals surface area contributed by atoms with E-state index >= 15 is 0 Å². The summed E-state index contributed by atoms with van der Waals surface area (Å²) in [6.45, 7) is 3.52. The third-order valence-electron chi connectivity index (χ3n) is 1.14. The van der Waals surface area contributed by atoms with Gasteiger partial charge in [-0.25, -0.2) is 4.79 Å². The molecule has 0 amide bonds. The number of carboxylic acids is 1. The van der Waals surface area contributed by atoms with Crippen molar-refractivity contribution in [1.29, 1.82) is 0 Å². The van der Waals surface area contributed by atoms with Gasteiger partial charge in [-0.15, -0.1) is 0 Å². The molecule has 0 saturated carbocycles.